The van der Waals surface area contributed by atoms with Gasteiger partial charge in [-0.2, -0.15) is 0 Å². The van der Waals surface area contributed by atoms with E-state index in [2.05, 4.69) is 20.3 Å². The fourth-order valence-corrected chi connectivity index (χ4v) is 3.27. The number of nitrogens with zero attached hydrogens (tertiary/aromatic N) is 1. The minimum Gasteiger partial charge on any atom is -0.375 e. The van der Waals surface area contributed by atoms with Gasteiger partial charge in [-0.1, -0.05) is 24.3 Å². The number of nitrogens with one attached hydrogen (secondary N) is 3. The molecule has 2 amide bonds. The van der Waals surface area contributed by atoms with E-state index in [-0.39, 0.29) is 10.9 Å². The number of urea groups is 1. The molecule has 7 nitrogen and oxygen atoms in total. The molecule has 0 bridgehead atoms. The second-order valence-electron chi connectivity index (χ2n) is 6.18. The molecule has 146 valence electrons. The Morgan fingerprint density at radius 2 is 1.81 bits per heavy atom. The first-order chi connectivity index (χ1) is 12.8. The van der Waals surface area contributed by atoms with Crippen molar-refractivity contribution in [2.45, 2.75) is 18.2 Å². The van der Waals surface area contributed by atoms with Crippen LogP contribution in [0.5, 0.6) is 0 Å². The van der Waals surface area contributed by atoms with Crippen LogP contribution in [0.1, 0.15) is 12.0 Å². The van der Waals surface area contributed by atoms with Crippen LogP contribution in [0.3, 0.4) is 0 Å². The van der Waals surface area contributed by atoms with E-state index in [1.54, 1.807) is 13.0 Å². The Morgan fingerprint density at radius 1 is 1.11 bits per heavy atom. The summed E-state index contributed by atoms with van der Waals surface area (Å²) in [6, 6.07) is 14.3. The molecule has 8 heteroatoms. The van der Waals surface area contributed by atoms with E-state index in [1.165, 1.54) is 19.2 Å². The zero-order valence-electron chi connectivity index (χ0n) is 15.8. The number of rotatable bonds is 8. The van der Waals surface area contributed by atoms with E-state index in [9.17, 15) is 13.2 Å². The van der Waals surface area contributed by atoms with Gasteiger partial charge in [0.15, 0.2) is 0 Å². The number of sulfonamides is 1. The van der Waals surface area contributed by atoms with Crippen LogP contribution in [0.2, 0.25) is 0 Å². The molecule has 0 atom stereocenters. The second-order valence-corrected chi connectivity index (χ2v) is 8.06. The van der Waals surface area contributed by atoms with Gasteiger partial charge in [0.1, 0.15) is 0 Å². The standard InChI is InChI=1S/C19H26N4O3S/c1-15-10-11-17(27(25,26)20-2)14-18(15)22-19(24)21-12-7-13-23(3)16-8-5-4-6-9-16/h4-6,8-11,14,20H,7,12-13H2,1-3H3,(H2,21,22,24). The summed E-state index contributed by atoms with van der Waals surface area (Å²) in [6.07, 6.45) is 0.784. The lowest BCUT2D eigenvalue weighted by molar-refractivity contribution is 0.252. The van der Waals surface area contributed by atoms with Crippen LogP contribution in [-0.4, -0.2) is 41.6 Å². The zero-order valence-corrected chi connectivity index (χ0v) is 16.6. The van der Waals surface area contributed by atoms with Gasteiger partial charge in [0.25, 0.3) is 0 Å². The molecule has 2 rings (SSSR count). The Hall–Kier alpha value is -2.58. The number of aryl methyl sites for hydroxylation is 1. The molecule has 0 saturated carbocycles. The third-order valence-corrected chi connectivity index (χ3v) is 5.60. The highest BCUT2D eigenvalue weighted by Gasteiger charge is 2.14. The largest absolute Gasteiger partial charge is 0.375 e. The SMILES string of the molecule is CNS(=O)(=O)c1ccc(C)c(NC(=O)NCCCN(C)c2ccccc2)c1. The maximum atomic E-state index is 12.1. The fraction of sp³-hybridized carbons (Fsp3) is 0.316. The molecule has 0 radical (unpaired) electrons. The van der Waals surface area contributed by atoms with Gasteiger partial charge >= 0.3 is 6.03 Å². The van der Waals surface area contributed by atoms with E-state index in [1.807, 2.05) is 37.4 Å². The van der Waals surface area contributed by atoms with E-state index in [0.717, 1.165) is 24.2 Å². The Bertz CT molecular complexity index is 870. The molecule has 0 spiro atoms. The second kappa shape index (κ2) is 9.38. The Balaban J connectivity index is 1.85. The first kappa shape index (κ1) is 20.7. The van der Waals surface area contributed by atoms with Gasteiger partial charge in [0.2, 0.25) is 10.0 Å². The number of carbonyl (C=O) groups is 1. The summed E-state index contributed by atoms with van der Waals surface area (Å²) in [7, 11) is -0.202. The molecule has 0 heterocycles. The lowest BCUT2D eigenvalue weighted by atomic mass is 10.2. The molecule has 27 heavy (non-hydrogen) atoms. The number of para-hydroxylation sites is 1. The summed E-state index contributed by atoms with van der Waals surface area (Å²) in [5.41, 5.74) is 2.37. The highest BCUT2D eigenvalue weighted by atomic mass is 32.2. The minimum atomic E-state index is -3.56. The van der Waals surface area contributed by atoms with Crippen LogP contribution in [0, 0.1) is 6.92 Å². The highest BCUT2D eigenvalue weighted by Crippen LogP contribution is 2.20. The third kappa shape index (κ3) is 5.97. The predicted octanol–water partition coefficient (Wildman–Crippen LogP) is 2.55. The quantitative estimate of drug-likeness (QED) is 0.604. The summed E-state index contributed by atoms with van der Waals surface area (Å²) >= 11 is 0. The average Bonchev–Trinajstić information content (AvgIpc) is 2.67. The molecule has 0 aliphatic carbocycles. The summed E-state index contributed by atoms with van der Waals surface area (Å²) < 4.78 is 26.1. The predicted molar refractivity (Wildman–Crippen MR) is 109 cm³/mol. The van der Waals surface area contributed by atoms with Gasteiger partial charge in [-0.3, -0.25) is 0 Å². The molecule has 2 aromatic carbocycles. The summed E-state index contributed by atoms with van der Waals surface area (Å²) in [6.45, 7) is 3.12. The number of carbonyl (C=O) groups excluding carboxylic acids is 1. The smallest absolute Gasteiger partial charge is 0.319 e. The van der Waals surface area contributed by atoms with E-state index >= 15 is 0 Å². The van der Waals surface area contributed by atoms with Crippen LogP contribution in [0.15, 0.2) is 53.4 Å². The van der Waals surface area contributed by atoms with Crippen LogP contribution < -0.4 is 20.3 Å². The van der Waals surface area contributed by atoms with Crippen molar-refractivity contribution in [3.05, 3.63) is 54.1 Å². The number of hydrogen-bond donors (Lipinski definition) is 3. The van der Waals surface area contributed by atoms with Crippen molar-refractivity contribution in [3.8, 4) is 0 Å². The number of hydrogen-bond acceptors (Lipinski definition) is 4. The Kier molecular flexibility index (Phi) is 7.20. The maximum absolute atomic E-state index is 12.1. The molecular formula is C19H26N4O3S. The number of benzene rings is 2. The van der Waals surface area contributed by atoms with Crippen molar-refractivity contribution in [1.82, 2.24) is 10.0 Å². The topological polar surface area (TPSA) is 90.5 Å². The van der Waals surface area contributed by atoms with Crippen LogP contribution in [0.25, 0.3) is 0 Å². The Morgan fingerprint density at radius 3 is 2.48 bits per heavy atom. The molecule has 2 aromatic rings. The molecule has 0 fully saturated rings. The van der Waals surface area contributed by atoms with Crippen molar-refractivity contribution in [2.24, 2.45) is 0 Å². The first-order valence-corrected chi connectivity index (χ1v) is 10.2. The minimum absolute atomic E-state index is 0.107. The molecular weight excluding hydrogens is 364 g/mol. The lowest BCUT2D eigenvalue weighted by Crippen LogP contribution is -2.32. The van der Waals surface area contributed by atoms with Crippen LogP contribution >= 0.6 is 0 Å². The zero-order chi connectivity index (χ0) is 19.9. The van der Waals surface area contributed by atoms with Crippen molar-refractivity contribution >= 4 is 27.4 Å². The summed E-state index contributed by atoms with van der Waals surface area (Å²) in [5.74, 6) is 0. The average molecular weight is 391 g/mol. The first-order valence-electron chi connectivity index (χ1n) is 8.69. The van der Waals surface area contributed by atoms with Crippen molar-refractivity contribution < 1.29 is 13.2 Å². The number of anilines is 2. The van der Waals surface area contributed by atoms with Gasteiger partial charge in [-0.05, 0) is 50.2 Å². The summed E-state index contributed by atoms with van der Waals surface area (Å²) in [4.78, 5) is 14.3. The van der Waals surface area contributed by atoms with Crippen LogP contribution in [-0.2, 0) is 10.0 Å². The van der Waals surface area contributed by atoms with Crippen LogP contribution in [0.4, 0.5) is 16.2 Å². The van der Waals surface area contributed by atoms with Crippen molar-refractivity contribution in [2.75, 3.05) is 37.4 Å². The molecule has 3 N–H and O–H groups in total. The Labute approximate surface area is 160 Å². The molecule has 0 aliphatic rings. The lowest BCUT2D eigenvalue weighted by Gasteiger charge is -2.19. The normalized spacial score (nSPS) is 11.1. The van der Waals surface area contributed by atoms with Gasteiger partial charge < -0.3 is 15.5 Å². The van der Waals surface area contributed by atoms with E-state index in [0.29, 0.717) is 12.2 Å². The van der Waals surface area contributed by atoms with Crippen molar-refractivity contribution in [3.63, 3.8) is 0 Å². The molecule has 0 saturated heterocycles. The highest BCUT2D eigenvalue weighted by molar-refractivity contribution is 7.89. The van der Waals surface area contributed by atoms with E-state index < -0.39 is 10.0 Å². The van der Waals surface area contributed by atoms with Gasteiger partial charge in [-0.25, -0.2) is 17.9 Å². The molecule has 0 unspecified atom stereocenters. The van der Waals surface area contributed by atoms with Gasteiger partial charge in [-0.15, -0.1) is 0 Å². The monoisotopic (exact) mass is 390 g/mol. The van der Waals surface area contributed by atoms with Crippen molar-refractivity contribution in [1.29, 1.82) is 0 Å². The molecule has 0 aliphatic heterocycles. The molecule has 0 aromatic heterocycles. The number of amides is 2. The van der Waals surface area contributed by atoms with Gasteiger partial charge in [0, 0.05) is 31.5 Å². The summed E-state index contributed by atoms with van der Waals surface area (Å²) in [5, 5.41) is 5.51. The maximum Gasteiger partial charge on any atom is 0.319 e. The third-order valence-electron chi connectivity index (χ3n) is 4.19. The fourth-order valence-electron chi connectivity index (χ4n) is 2.52. The van der Waals surface area contributed by atoms with Gasteiger partial charge in [0.05, 0.1) is 4.90 Å². The van der Waals surface area contributed by atoms with E-state index in [4.69, 9.17) is 0 Å².